The van der Waals surface area contributed by atoms with Gasteiger partial charge < -0.3 is 39.0 Å². The van der Waals surface area contributed by atoms with E-state index in [1.54, 1.807) is 20.8 Å². The van der Waals surface area contributed by atoms with Crippen LogP contribution in [0.1, 0.15) is 27.2 Å². The van der Waals surface area contributed by atoms with Crippen molar-refractivity contribution < 1.29 is 48.6 Å². The van der Waals surface area contributed by atoms with Crippen molar-refractivity contribution >= 4 is 11.9 Å². The van der Waals surface area contributed by atoms with Gasteiger partial charge in [0.25, 0.3) is 0 Å². The number of epoxide rings is 1. The van der Waals surface area contributed by atoms with E-state index in [-0.39, 0.29) is 17.8 Å². The van der Waals surface area contributed by atoms with Crippen LogP contribution in [0.4, 0.5) is 0 Å². The van der Waals surface area contributed by atoms with Gasteiger partial charge in [0.1, 0.15) is 47.8 Å². The maximum absolute atomic E-state index is 13.0. The second-order valence-corrected chi connectivity index (χ2v) is 9.71. The average molecular weight is 440 g/mol. The third-order valence-electron chi connectivity index (χ3n) is 8.64. The van der Waals surface area contributed by atoms with E-state index in [4.69, 9.17) is 23.7 Å². The average Bonchev–Trinajstić information content (AvgIpc) is 3.37. The fourth-order valence-corrected chi connectivity index (χ4v) is 7.01. The van der Waals surface area contributed by atoms with Crippen molar-refractivity contribution in [1.29, 1.82) is 0 Å². The molecule has 172 valence electrons. The van der Waals surface area contributed by atoms with Gasteiger partial charge in [-0.1, -0.05) is 20.8 Å². The maximum Gasteiger partial charge on any atom is 0.338 e. The van der Waals surface area contributed by atoms with Crippen LogP contribution >= 0.6 is 0 Å². The Bertz CT molecular complexity index is 893. The summed E-state index contributed by atoms with van der Waals surface area (Å²) >= 11 is 0. The second kappa shape index (κ2) is 5.99. The number of hydrogen-bond acceptors (Lipinski definition) is 10. The highest BCUT2D eigenvalue weighted by Crippen LogP contribution is 2.76. The van der Waals surface area contributed by atoms with Crippen LogP contribution in [-0.4, -0.2) is 89.3 Å². The lowest BCUT2D eigenvalue weighted by Gasteiger charge is -2.60. The van der Waals surface area contributed by atoms with Crippen molar-refractivity contribution in [1.82, 2.24) is 0 Å². The van der Waals surface area contributed by atoms with E-state index in [9.17, 15) is 24.9 Å². The predicted molar refractivity (Wildman–Crippen MR) is 100 cm³/mol. The summed E-state index contributed by atoms with van der Waals surface area (Å²) in [6.07, 6.45) is -3.63. The highest BCUT2D eigenvalue weighted by atomic mass is 16.7. The number of methoxy groups -OCH3 is 2. The largest absolute Gasteiger partial charge is 0.498 e. The van der Waals surface area contributed by atoms with E-state index in [1.807, 2.05) is 0 Å². The summed E-state index contributed by atoms with van der Waals surface area (Å²) < 4.78 is 28.3. The minimum absolute atomic E-state index is 0.0108. The van der Waals surface area contributed by atoms with Crippen molar-refractivity contribution in [3.8, 4) is 0 Å². The topological polar surface area (TPSA) is 144 Å². The normalized spacial score (nSPS) is 53.4. The Morgan fingerprint density at radius 3 is 2.42 bits per heavy atom. The Morgan fingerprint density at radius 2 is 1.87 bits per heavy atom. The zero-order chi connectivity index (χ0) is 22.7. The first-order chi connectivity index (χ1) is 14.5. The zero-order valence-corrected chi connectivity index (χ0v) is 18.1. The lowest BCUT2D eigenvalue weighted by Crippen LogP contribution is -2.78. The van der Waals surface area contributed by atoms with Gasteiger partial charge in [-0.3, -0.25) is 4.79 Å². The molecule has 0 aromatic heterocycles. The van der Waals surface area contributed by atoms with Gasteiger partial charge in [-0.15, -0.1) is 0 Å². The molecule has 3 saturated heterocycles. The van der Waals surface area contributed by atoms with Gasteiger partial charge in [0.2, 0.25) is 0 Å². The molecule has 3 aliphatic heterocycles. The van der Waals surface area contributed by atoms with Crippen molar-refractivity contribution in [2.45, 2.75) is 68.4 Å². The van der Waals surface area contributed by atoms with Crippen LogP contribution in [0.25, 0.3) is 0 Å². The summed E-state index contributed by atoms with van der Waals surface area (Å²) in [5, 5.41) is 33.5. The molecule has 5 aliphatic rings. The van der Waals surface area contributed by atoms with Crippen molar-refractivity contribution in [3.05, 3.63) is 11.3 Å². The van der Waals surface area contributed by atoms with Gasteiger partial charge in [0, 0.05) is 13.5 Å². The molecule has 0 aromatic rings. The Balaban J connectivity index is 1.73. The Morgan fingerprint density at radius 1 is 1.19 bits per heavy atom. The number of carbonyl (C=O) groups is 2. The molecule has 2 saturated carbocycles. The molecule has 5 rings (SSSR count). The molecule has 3 N–H and O–H groups in total. The van der Waals surface area contributed by atoms with Crippen molar-refractivity contribution in [3.63, 3.8) is 0 Å². The maximum atomic E-state index is 13.0. The van der Waals surface area contributed by atoms with Crippen LogP contribution in [0.2, 0.25) is 0 Å². The molecular weight excluding hydrogens is 412 g/mol. The lowest BCUT2D eigenvalue weighted by molar-refractivity contribution is -0.313. The number of rotatable bonds is 4. The van der Waals surface area contributed by atoms with Crippen LogP contribution in [-0.2, 0) is 33.3 Å². The SMILES string of the molecule is CO/C(CO)=C1\CC2(OC1=O)C1OC1C1(O)C3C(=O)OC([C@@H](OC)C21C)[C@@]3(O)C(C)C. The van der Waals surface area contributed by atoms with Gasteiger partial charge >= 0.3 is 11.9 Å². The molecule has 3 heterocycles. The molecule has 10 heteroatoms. The van der Waals surface area contributed by atoms with Crippen LogP contribution in [0.3, 0.4) is 0 Å². The lowest BCUT2D eigenvalue weighted by atomic mass is 9.48. The molecule has 10 nitrogen and oxygen atoms in total. The van der Waals surface area contributed by atoms with Crippen molar-refractivity contribution in [2.24, 2.45) is 17.3 Å². The first-order valence-corrected chi connectivity index (χ1v) is 10.4. The molecule has 0 amide bonds. The number of ether oxygens (including phenoxy) is 5. The fourth-order valence-electron chi connectivity index (χ4n) is 7.01. The standard InChI is InChI=1S/C21H28O10/c1-8(2)20(25)11-17(24)30-14(20)12(28-5)18(3)19(13-15(29-13)21(11,18)26)6-9(16(23)31-19)10(7-22)27-4/h8,11-15,22,25-26H,6-7H2,1-5H3/b10-9+/t11?,12-,13?,14?,15?,18?,19?,20-,21?/m1/s1. The predicted octanol–water partition coefficient (Wildman–Crippen LogP) is -0.959. The molecule has 7 unspecified atom stereocenters. The Kier molecular flexibility index (Phi) is 4.08. The van der Waals surface area contributed by atoms with Gasteiger partial charge in [-0.05, 0) is 5.92 Å². The second-order valence-electron chi connectivity index (χ2n) is 9.71. The summed E-state index contributed by atoms with van der Waals surface area (Å²) in [6, 6.07) is 0. The number of hydrogen-bond donors (Lipinski definition) is 3. The molecule has 31 heavy (non-hydrogen) atoms. The first-order valence-electron chi connectivity index (χ1n) is 10.4. The smallest absolute Gasteiger partial charge is 0.338 e. The number of carbonyl (C=O) groups excluding carboxylic acids is 2. The van der Waals surface area contributed by atoms with E-state index in [0.29, 0.717) is 0 Å². The van der Waals surface area contributed by atoms with Gasteiger partial charge in [-0.2, -0.15) is 0 Å². The molecule has 2 aliphatic carbocycles. The highest BCUT2D eigenvalue weighted by molar-refractivity contribution is 5.93. The summed E-state index contributed by atoms with van der Waals surface area (Å²) in [6.45, 7) is 4.69. The summed E-state index contributed by atoms with van der Waals surface area (Å²) in [5.74, 6) is -3.09. The van der Waals surface area contributed by atoms with Crippen LogP contribution in [0.5, 0.6) is 0 Å². The molecule has 9 atom stereocenters. The molecule has 0 radical (unpaired) electrons. The molecular formula is C21H28O10. The summed E-state index contributed by atoms with van der Waals surface area (Å²) in [7, 11) is 2.75. The number of aliphatic hydroxyl groups excluding tert-OH is 1. The Hall–Kier alpha value is -1.72. The third kappa shape index (κ3) is 1.94. The highest BCUT2D eigenvalue weighted by Gasteiger charge is 2.95. The quantitative estimate of drug-likeness (QED) is 0.216. The molecule has 0 aromatic carbocycles. The number of aliphatic hydroxyl groups is 3. The summed E-state index contributed by atoms with van der Waals surface area (Å²) in [4.78, 5) is 25.9. The summed E-state index contributed by atoms with van der Waals surface area (Å²) in [5.41, 5.74) is -6.21. The third-order valence-corrected chi connectivity index (χ3v) is 8.64. The van der Waals surface area contributed by atoms with Crippen molar-refractivity contribution in [2.75, 3.05) is 20.8 Å². The minimum Gasteiger partial charge on any atom is -0.498 e. The number of fused-ring (bicyclic) bond motifs is 8. The van der Waals surface area contributed by atoms with Gasteiger partial charge in [0.15, 0.2) is 11.7 Å². The van der Waals surface area contributed by atoms with E-state index in [2.05, 4.69) is 0 Å². The van der Waals surface area contributed by atoms with Crippen LogP contribution in [0, 0.1) is 17.3 Å². The van der Waals surface area contributed by atoms with E-state index >= 15 is 0 Å². The van der Waals surface area contributed by atoms with E-state index in [0.717, 1.165) is 0 Å². The first kappa shape index (κ1) is 21.1. The van der Waals surface area contributed by atoms with E-state index < -0.39 is 77.0 Å². The van der Waals surface area contributed by atoms with Crippen LogP contribution < -0.4 is 0 Å². The molecule has 5 fully saturated rings. The molecule has 1 spiro atoms. The van der Waals surface area contributed by atoms with E-state index in [1.165, 1.54) is 14.2 Å². The molecule has 2 bridgehead atoms. The fraction of sp³-hybridized carbons (Fsp3) is 0.810. The monoisotopic (exact) mass is 440 g/mol. The minimum atomic E-state index is -1.91. The van der Waals surface area contributed by atoms with Gasteiger partial charge in [-0.25, -0.2) is 4.79 Å². The van der Waals surface area contributed by atoms with Crippen LogP contribution in [0.15, 0.2) is 11.3 Å². The Labute approximate surface area is 179 Å². The van der Waals surface area contributed by atoms with Gasteiger partial charge in [0.05, 0.1) is 18.1 Å². The number of esters is 2. The zero-order valence-electron chi connectivity index (χ0n) is 18.1.